The van der Waals surface area contributed by atoms with Crippen molar-refractivity contribution < 1.29 is 4.79 Å². The lowest BCUT2D eigenvalue weighted by atomic mass is 10.1. The standard InChI is InChI=1S/C11H15NOS/c1-11(2,3)12-10(13)8-4-6-9(14)7-5-8/h4-7,14H,1-3H3,(H,12,13). The molecule has 3 heteroatoms. The van der Waals surface area contributed by atoms with Gasteiger partial charge in [-0.05, 0) is 45.0 Å². The van der Waals surface area contributed by atoms with Crippen molar-refractivity contribution in [2.45, 2.75) is 31.2 Å². The topological polar surface area (TPSA) is 29.1 Å². The van der Waals surface area contributed by atoms with Crippen molar-refractivity contribution in [1.29, 1.82) is 0 Å². The molecule has 0 aromatic heterocycles. The molecule has 0 heterocycles. The summed E-state index contributed by atoms with van der Waals surface area (Å²) in [6, 6.07) is 7.15. The third-order valence-electron chi connectivity index (χ3n) is 1.62. The minimum Gasteiger partial charge on any atom is -0.347 e. The molecule has 1 amide bonds. The fraction of sp³-hybridized carbons (Fsp3) is 0.364. The highest BCUT2D eigenvalue weighted by molar-refractivity contribution is 7.80. The van der Waals surface area contributed by atoms with Crippen molar-refractivity contribution in [3.8, 4) is 0 Å². The van der Waals surface area contributed by atoms with Crippen molar-refractivity contribution >= 4 is 18.5 Å². The fourth-order valence-corrected chi connectivity index (χ4v) is 1.17. The summed E-state index contributed by atoms with van der Waals surface area (Å²) < 4.78 is 0. The zero-order chi connectivity index (χ0) is 10.8. The Kier molecular flexibility index (Phi) is 3.21. The number of carbonyl (C=O) groups excluding carboxylic acids is 1. The number of hydrogen-bond acceptors (Lipinski definition) is 2. The largest absolute Gasteiger partial charge is 0.347 e. The SMILES string of the molecule is CC(C)(C)NC(=O)c1ccc(S)cc1. The molecular weight excluding hydrogens is 194 g/mol. The van der Waals surface area contributed by atoms with Gasteiger partial charge in [0.2, 0.25) is 0 Å². The molecule has 0 aliphatic rings. The third kappa shape index (κ3) is 3.42. The summed E-state index contributed by atoms with van der Waals surface area (Å²) in [6.07, 6.45) is 0. The molecule has 1 aromatic rings. The van der Waals surface area contributed by atoms with E-state index in [1.165, 1.54) is 0 Å². The molecule has 14 heavy (non-hydrogen) atoms. The Hall–Kier alpha value is -0.960. The normalized spacial score (nSPS) is 11.1. The van der Waals surface area contributed by atoms with Crippen LogP contribution in [-0.2, 0) is 0 Å². The highest BCUT2D eigenvalue weighted by atomic mass is 32.1. The number of thiol groups is 1. The van der Waals surface area contributed by atoms with E-state index in [0.717, 1.165) is 4.90 Å². The Labute approximate surface area is 90.1 Å². The molecule has 0 spiro atoms. The third-order valence-corrected chi connectivity index (χ3v) is 1.92. The maximum atomic E-state index is 11.6. The van der Waals surface area contributed by atoms with E-state index < -0.39 is 0 Å². The van der Waals surface area contributed by atoms with Gasteiger partial charge in [0.1, 0.15) is 0 Å². The van der Waals surface area contributed by atoms with Crippen LogP contribution in [0.5, 0.6) is 0 Å². The Bertz CT molecular complexity index is 324. The molecule has 1 N–H and O–H groups in total. The van der Waals surface area contributed by atoms with Gasteiger partial charge in [0.05, 0.1) is 0 Å². The zero-order valence-corrected chi connectivity index (χ0v) is 9.56. The van der Waals surface area contributed by atoms with E-state index in [-0.39, 0.29) is 11.4 Å². The minimum absolute atomic E-state index is 0.0502. The van der Waals surface area contributed by atoms with E-state index in [2.05, 4.69) is 17.9 Å². The van der Waals surface area contributed by atoms with Crippen LogP contribution in [0, 0.1) is 0 Å². The van der Waals surface area contributed by atoms with E-state index in [4.69, 9.17) is 0 Å². The number of nitrogens with one attached hydrogen (secondary N) is 1. The smallest absolute Gasteiger partial charge is 0.251 e. The second-order valence-corrected chi connectivity index (χ2v) is 4.77. The monoisotopic (exact) mass is 209 g/mol. The van der Waals surface area contributed by atoms with Crippen LogP contribution < -0.4 is 5.32 Å². The van der Waals surface area contributed by atoms with Gasteiger partial charge in [-0.25, -0.2) is 0 Å². The van der Waals surface area contributed by atoms with E-state index in [1.807, 2.05) is 20.8 Å². The van der Waals surface area contributed by atoms with Crippen LogP contribution in [0.25, 0.3) is 0 Å². The Morgan fingerprint density at radius 1 is 1.21 bits per heavy atom. The van der Waals surface area contributed by atoms with Gasteiger partial charge in [0, 0.05) is 16.0 Å². The highest BCUT2D eigenvalue weighted by Gasteiger charge is 2.14. The summed E-state index contributed by atoms with van der Waals surface area (Å²) in [4.78, 5) is 12.5. The summed E-state index contributed by atoms with van der Waals surface area (Å²) in [6.45, 7) is 5.87. The molecule has 0 saturated heterocycles. The van der Waals surface area contributed by atoms with Crippen LogP contribution in [0.1, 0.15) is 31.1 Å². The average molecular weight is 209 g/mol. The molecule has 76 valence electrons. The maximum Gasteiger partial charge on any atom is 0.251 e. The van der Waals surface area contributed by atoms with E-state index in [0.29, 0.717) is 5.56 Å². The Morgan fingerprint density at radius 2 is 1.71 bits per heavy atom. The van der Waals surface area contributed by atoms with Gasteiger partial charge < -0.3 is 5.32 Å². The predicted molar refractivity (Wildman–Crippen MR) is 60.9 cm³/mol. The van der Waals surface area contributed by atoms with E-state index in [9.17, 15) is 4.79 Å². The van der Waals surface area contributed by atoms with E-state index >= 15 is 0 Å². The molecule has 0 aliphatic carbocycles. The average Bonchev–Trinajstić information content (AvgIpc) is 2.02. The maximum absolute atomic E-state index is 11.6. The van der Waals surface area contributed by atoms with Gasteiger partial charge in [-0.15, -0.1) is 12.6 Å². The highest BCUT2D eigenvalue weighted by Crippen LogP contribution is 2.09. The first-order valence-corrected chi connectivity index (χ1v) is 4.95. The molecule has 0 saturated carbocycles. The predicted octanol–water partition coefficient (Wildman–Crippen LogP) is 2.50. The van der Waals surface area contributed by atoms with Crippen molar-refractivity contribution in [3.05, 3.63) is 29.8 Å². The Morgan fingerprint density at radius 3 is 2.14 bits per heavy atom. The second kappa shape index (κ2) is 4.05. The lowest BCUT2D eigenvalue weighted by Crippen LogP contribution is -2.40. The van der Waals surface area contributed by atoms with Gasteiger partial charge in [-0.1, -0.05) is 0 Å². The summed E-state index contributed by atoms with van der Waals surface area (Å²) in [5, 5.41) is 2.89. The molecular formula is C11H15NOS. The zero-order valence-electron chi connectivity index (χ0n) is 8.66. The fourth-order valence-electron chi connectivity index (χ4n) is 1.03. The lowest BCUT2D eigenvalue weighted by molar-refractivity contribution is 0.0919. The van der Waals surface area contributed by atoms with Crippen LogP contribution in [0.15, 0.2) is 29.2 Å². The lowest BCUT2D eigenvalue weighted by Gasteiger charge is -2.20. The molecule has 0 atom stereocenters. The molecule has 2 nitrogen and oxygen atoms in total. The summed E-state index contributed by atoms with van der Waals surface area (Å²) in [7, 11) is 0. The quantitative estimate of drug-likeness (QED) is 0.684. The van der Waals surface area contributed by atoms with Crippen LogP contribution >= 0.6 is 12.6 Å². The van der Waals surface area contributed by atoms with Gasteiger partial charge in [-0.2, -0.15) is 0 Å². The van der Waals surface area contributed by atoms with Crippen molar-refractivity contribution in [2.75, 3.05) is 0 Å². The van der Waals surface area contributed by atoms with Crippen LogP contribution in [-0.4, -0.2) is 11.4 Å². The number of hydrogen-bond donors (Lipinski definition) is 2. The molecule has 0 radical (unpaired) electrons. The van der Waals surface area contributed by atoms with Gasteiger partial charge in [0.25, 0.3) is 5.91 Å². The van der Waals surface area contributed by atoms with Crippen LogP contribution in [0.2, 0.25) is 0 Å². The van der Waals surface area contributed by atoms with Crippen molar-refractivity contribution in [2.24, 2.45) is 0 Å². The molecule has 1 rings (SSSR count). The summed E-state index contributed by atoms with van der Waals surface area (Å²) in [5.74, 6) is -0.0502. The van der Waals surface area contributed by atoms with Crippen molar-refractivity contribution in [3.63, 3.8) is 0 Å². The molecule has 0 fully saturated rings. The number of rotatable bonds is 1. The first kappa shape index (κ1) is 11.1. The van der Waals surface area contributed by atoms with Gasteiger partial charge in [0.15, 0.2) is 0 Å². The minimum atomic E-state index is -0.198. The molecule has 0 aliphatic heterocycles. The molecule has 0 bridgehead atoms. The number of amides is 1. The van der Waals surface area contributed by atoms with E-state index in [1.54, 1.807) is 24.3 Å². The second-order valence-electron chi connectivity index (χ2n) is 4.25. The number of benzene rings is 1. The first-order valence-electron chi connectivity index (χ1n) is 4.50. The van der Waals surface area contributed by atoms with Gasteiger partial charge >= 0.3 is 0 Å². The first-order chi connectivity index (χ1) is 6.38. The summed E-state index contributed by atoms with van der Waals surface area (Å²) >= 11 is 4.15. The van der Waals surface area contributed by atoms with Crippen LogP contribution in [0.3, 0.4) is 0 Å². The molecule has 1 aromatic carbocycles. The van der Waals surface area contributed by atoms with Gasteiger partial charge in [-0.3, -0.25) is 4.79 Å². The Balaban J connectivity index is 2.76. The van der Waals surface area contributed by atoms with Crippen molar-refractivity contribution in [1.82, 2.24) is 5.32 Å². The summed E-state index contributed by atoms with van der Waals surface area (Å²) in [5.41, 5.74) is 0.467. The van der Waals surface area contributed by atoms with Crippen LogP contribution in [0.4, 0.5) is 0 Å². The number of carbonyl (C=O) groups is 1. The molecule has 0 unspecified atom stereocenters.